The number of rotatable bonds is 4. The van der Waals surface area contributed by atoms with Gasteiger partial charge in [-0.15, -0.1) is 6.58 Å². The molecule has 1 unspecified atom stereocenters. The topological polar surface area (TPSA) is 63.6 Å². The lowest BCUT2D eigenvalue weighted by Crippen LogP contribution is -2.19. The second-order valence-electron chi connectivity index (χ2n) is 1.70. The molecule has 0 aromatic rings. The molecule has 0 heterocycles. The summed E-state index contributed by atoms with van der Waals surface area (Å²) in [5, 5.41) is 0. The van der Waals surface area contributed by atoms with Crippen molar-refractivity contribution >= 4 is 10.1 Å². The quantitative estimate of drug-likeness (QED) is 0.485. The summed E-state index contributed by atoms with van der Waals surface area (Å²) >= 11 is 0. The van der Waals surface area contributed by atoms with Gasteiger partial charge in [0.05, 0.1) is 6.61 Å². The highest BCUT2D eigenvalue weighted by atomic mass is 32.2. The Morgan fingerprint density at radius 2 is 2.30 bits per heavy atom. The van der Waals surface area contributed by atoms with Crippen molar-refractivity contribution in [1.82, 2.24) is 0 Å². The lowest BCUT2D eigenvalue weighted by Gasteiger charge is -2.06. The van der Waals surface area contributed by atoms with Crippen LogP contribution in [0.1, 0.15) is 6.92 Å². The van der Waals surface area contributed by atoms with E-state index in [-0.39, 0.29) is 6.61 Å². The monoisotopic (exact) mass is 166 g/mol. The molecule has 4 nitrogen and oxygen atoms in total. The Kier molecular flexibility index (Phi) is 3.55. The van der Waals surface area contributed by atoms with Crippen molar-refractivity contribution in [3.63, 3.8) is 0 Å². The third-order valence-corrected chi connectivity index (χ3v) is 1.84. The zero-order valence-corrected chi connectivity index (χ0v) is 6.47. The van der Waals surface area contributed by atoms with Gasteiger partial charge in [-0.25, -0.2) is 0 Å². The maximum Gasteiger partial charge on any atom is 0.291 e. The van der Waals surface area contributed by atoms with Crippen LogP contribution in [0.25, 0.3) is 0 Å². The molecule has 0 bridgehead atoms. The third-order valence-electron chi connectivity index (χ3n) is 0.868. The molecule has 0 aliphatic rings. The summed E-state index contributed by atoms with van der Waals surface area (Å²) in [5.41, 5.74) is -1.18. The summed E-state index contributed by atoms with van der Waals surface area (Å²) in [5.74, 6) is 0. The number of ether oxygens (including phenoxy) is 1. The molecule has 5 heteroatoms. The van der Waals surface area contributed by atoms with Gasteiger partial charge in [0.25, 0.3) is 10.1 Å². The van der Waals surface area contributed by atoms with Gasteiger partial charge in [-0.3, -0.25) is 4.55 Å². The van der Waals surface area contributed by atoms with Crippen LogP contribution in [-0.4, -0.2) is 25.0 Å². The fourth-order valence-electron chi connectivity index (χ4n) is 0.290. The van der Waals surface area contributed by atoms with Crippen molar-refractivity contribution in [2.45, 2.75) is 12.4 Å². The standard InChI is InChI=1S/C5H10O4S/c1-3-4-9-5(2)10(6,7)8/h3,5H,1,4H2,2H3,(H,6,7,8). The van der Waals surface area contributed by atoms with E-state index in [1.165, 1.54) is 13.0 Å². The molecule has 0 saturated carbocycles. The molecule has 1 atom stereocenters. The van der Waals surface area contributed by atoms with Gasteiger partial charge >= 0.3 is 0 Å². The maximum absolute atomic E-state index is 10.2. The van der Waals surface area contributed by atoms with E-state index in [2.05, 4.69) is 11.3 Å². The Bertz CT molecular complexity index is 194. The summed E-state index contributed by atoms with van der Waals surface area (Å²) < 4.78 is 33.4. The van der Waals surface area contributed by atoms with Gasteiger partial charge in [-0.05, 0) is 6.92 Å². The van der Waals surface area contributed by atoms with E-state index < -0.39 is 15.6 Å². The molecule has 0 aromatic carbocycles. The largest absolute Gasteiger partial charge is 0.356 e. The molecule has 10 heavy (non-hydrogen) atoms. The first kappa shape index (κ1) is 9.61. The highest BCUT2D eigenvalue weighted by Gasteiger charge is 2.16. The van der Waals surface area contributed by atoms with E-state index in [0.717, 1.165) is 0 Å². The Labute approximate surface area is 60.3 Å². The van der Waals surface area contributed by atoms with Crippen molar-refractivity contribution in [2.75, 3.05) is 6.61 Å². The normalized spacial score (nSPS) is 14.6. The summed E-state index contributed by atoms with van der Waals surface area (Å²) in [6, 6.07) is 0. The van der Waals surface area contributed by atoms with Crippen molar-refractivity contribution in [3.8, 4) is 0 Å². The minimum Gasteiger partial charge on any atom is -0.356 e. The van der Waals surface area contributed by atoms with E-state index in [1.807, 2.05) is 0 Å². The van der Waals surface area contributed by atoms with Crippen LogP contribution in [0, 0.1) is 0 Å². The van der Waals surface area contributed by atoms with Gasteiger partial charge in [0.15, 0.2) is 5.44 Å². The van der Waals surface area contributed by atoms with E-state index in [0.29, 0.717) is 0 Å². The first-order chi connectivity index (χ1) is 4.48. The lowest BCUT2D eigenvalue weighted by atomic mass is 10.7. The van der Waals surface area contributed by atoms with Crippen LogP contribution < -0.4 is 0 Å². The van der Waals surface area contributed by atoms with Gasteiger partial charge in [-0.2, -0.15) is 8.42 Å². The predicted octanol–water partition coefficient (Wildman–Crippen LogP) is 0.423. The average Bonchev–Trinajstić information content (AvgIpc) is 1.80. The Morgan fingerprint density at radius 3 is 2.60 bits per heavy atom. The molecule has 0 amide bonds. The first-order valence-corrected chi connectivity index (χ1v) is 4.17. The fraction of sp³-hybridized carbons (Fsp3) is 0.600. The summed E-state index contributed by atoms with van der Waals surface area (Å²) in [6.45, 7) is 4.67. The van der Waals surface area contributed by atoms with Crippen LogP contribution in [-0.2, 0) is 14.9 Å². The van der Waals surface area contributed by atoms with Crippen molar-refractivity contribution < 1.29 is 17.7 Å². The van der Waals surface area contributed by atoms with Crippen LogP contribution in [0.3, 0.4) is 0 Å². The molecule has 0 rings (SSSR count). The predicted molar refractivity (Wildman–Crippen MR) is 37.2 cm³/mol. The highest BCUT2D eigenvalue weighted by Crippen LogP contribution is 1.98. The van der Waals surface area contributed by atoms with Crippen molar-refractivity contribution in [2.24, 2.45) is 0 Å². The molecule has 1 N–H and O–H groups in total. The van der Waals surface area contributed by atoms with Crippen LogP contribution in [0.4, 0.5) is 0 Å². The zero-order valence-electron chi connectivity index (χ0n) is 5.65. The molecule has 0 aliphatic heterocycles. The van der Waals surface area contributed by atoms with Gasteiger partial charge in [0.1, 0.15) is 0 Å². The van der Waals surface area contributed by atoms with Crippen LogP contribution in [0.2, 0.25) is 0 Å². The molecular formula is C5H10O4S. The number of hydrogen-bond donors (Lipinski definition) is 1. The van der Waals surface area contributed by atoms with Crippen LogP contribution in [0.15, 0.2) is 12.7 Å². The van der Waals surface area contributed by atoms with Crippen molar-refractivity contribution in [1.29, 1.82) is 0 Å². The molecule has 0 spiro atoms. The molecule has 0 radical (unpaired) electrons. The molecule has 0 fully saturated rings. The molecular weight excluding hydrogens is 156 g/mol. The zero-order chi connectivity index (χ0) is 8.20. The second-order valence-corrected chi connectivity index (χ2v) is 3.40. The summed E-state index contributed by atoms with van der Waals surface area (Å²) in [4.78, 5) is 0. The molecule has 0 saturated heterocycles. The van der Waals surface area contributed by atoms with Gasteiger partial charge < -0.3 is 4.74 Å². The molecule has 60 valence electrons. The lowest BCUT2D eigenvalue weighted by molar-refractivity contribution is 0.136. The molecule has 0 aromatic heterocycles. The minimum absolute atomic E-state index is 0.112. The van der Waals surface area contributed by atoms with Crippen molar-refractivity contribution in [3.05, 3.63) is 12.7 Å². The van der Waals surface area contributed by atoms with Crippen LogP contribution in [0.5, 0.6) is 0 Å². The Balaban J connectivity index is 3.86. The summed E-state index contributed by atoms with van der Waals surface area (Å²) in [6.07, 6.45) is 1.40. The maximum atomic E-state index is 10.2. The number of hydrogen-bond acceptors (Lipinski definition) is 3. The molecule has 0 aliphatic carbocycles. The van der Waals surface area contributed by atoms with E-state index in [1.54, 1.807) is 0 Å². The van der Waals surface area contributed by atoms with Gasteiger partial charge in [0, 0.05) is 0 Å². The fourth-order valence-corrected chi connectivity index (χ4v) is 0.540. The third kappa shape index (κ3) is 3.60. The summed E-state index contributed by atoms with van der Waals surface area (Å²) in [7, 11) is -4.05. The first-order valence-electron chi connectivity index (χ1n) is 2.67. The van der Waals surface area contributed by atoms with Gasteiger partial charge in [-0.1, -0.05) is 6.08 Å². The highest BCUT2D eigenvalue weighted by molar-refractivity contribution is 7.86. The van der Waals surface area contributed by atoms with E-state index in [9.17, 15) is 8.42 Å². The van der Waals surface area contributed by atoms with E-state index in [4.69, 9.17) is 4.55 Å². The van der Waals surface area contributed by atoms with Gasteiger partial charge in [0.2, 0.25) is 0 Å². The SMILES string of the molecule is C=CCOC(C)S(=O)(=O)O. The van der Waals surface area contributed by atoms with E-state index >= 15 is 0 Å². The second kappa shape index (κ2) is 3.70. The Morgan fingerprint density at radius 1 is 1.80 bits per heavy atom. The Hall–Kier alpha value is -0.390. The average molecular weight is 166 g/mol. The minimum atomic E-state index is -4.05. The smallest absolute Gasteiger partial charge is 0.291 e. The van der Waals surface area contributed by atoms with Crippen LogP contribution >= 0.6 is 0 Å².